The Bertz CT molecular complexity index is 1190. The van der Waals surface area contributed by atoms with E-state index in [9.17, 15) is 4.79 Å². The summed E-state index contributed by atoms with van der Waals surface area (Å²) in [6.45, 7) is 5.67. The number of hydrogen-bond acceptors (Lipinski definition) is 8. The summed E-state index contributed by atoms with van der Waals surface area (Å²) in [6, 6.07) is 5.65. The third-order valence-electron chi connectivity index (χ3n) is 6.54. The largest absolute Gasteiger partial charge is 0.464 e. The number of piperidine rings is 1. The van der Waals surface area contributed by atoms with Gasteiger partial charge in [-0.1, -0.05) is 13.8 Å². The fourth-order valence-corrected chi connectivity index (χ4v) is 4.72. The second-order valence-electron chi connectivity index (χ2n) is 9.40. The van der Waals surface area contributed by atoms with E-state index in [0.29, 0.717) is 13.2 Å². The zero-order chi connectivity index (χ0) is 25.7. The number of pyridine rings is 1. The minimum atomic E-state index is -0.590. The van der Waals surface area contributed by atoms with Crippen LogP contribution < -0.4 is 25.5 Å². The lowest BCUT2D eigenvalue weighted by Crippen LogP contribution is -2.42. The monoisotopic (exact) mass is 560 g/mol. The molecule has 4 rings (SSSR count). The summed E-state index contributed by atoms with van der Waals surface area (Å²) in [6.07, 6.45) is 9.51. The van der Waals surface area contributed by atoms with Gasteiger partial charge in [-0.3, -0.25) is 9.63 Å². The maximum Gasteiger partial charge on any atom is 0.323 e. The van der Waals surface area contributed by atoms with E-state index in [-0.39, 0.29) is 17.9 Å². The average Bonchev–Trinajstić information content (AvgIpc) is 3.27. The predicted octanol–water partition coefficient (Wildman–Crippen LogP) is 2.73. The molecule has 1 aliphatic rings. The number of aromatic nitrogens is 4. The van der Waals surface area contributed by atoms with E-state index in [1.54, 1.807) is 22.6 Å². The first kappa shape index (κ1) is 26.2. The number of carbonyl (C=O) groups is 1. The molecule has 0 bridgehead atoms. The molecule has 0 amide bonds. The summed E-state index contributed by atoms with van der Waals surface area (Å²) in [4.78, 5) is 24.7. The quantitative estimate of drug-likeness (QED) is 0.287. The topological polar surface area (TPSA) is 111 Å². The molecule has 1 aliphatic heterocycles. The van der Waals surface area contributed by atoms with Crippen LogP contribution in [0.25, 0.3) is 5.65 Å². The van der Waals surface area contributed by atoms with E-state index >= 15 is 0 Å². The summed E-state index contributed by atoms with van der Waals surface area (Å²) < 4.78 is 9.79. The van der Waals surface area contributed by atoms with Gasteiger partial charge in [-0.05, 0) is 47.2 Å². The summed E-state index contributed by atoms with van der Waals surface area (Å²) in [5, 5.41) is 8.00. The Morgan fingerprint density at radius 2 is 2.22 bits per heavy atom. The SMILES string of the molecule is CO[n+]1cccc(CNc2cc(N3CCCC[C@H]3CCOC(=O)[C@H](N)C(C)C)nc3c(Br)cnn23)c1. The van der Waals surface area contributed by atoms with Crippen molar-refractivity contribution in [3.63, 3.8) is 0 Å². The highest BCUT2D eigenvalue weighted by Gasteiger charge is 2.26. The lowest BCUT2D eigenvalue weighted by Gasteiger charge is -2.37. The number of esters is 1. The fourth-order valence-electron chi connectivity index (χ4n) is 4.37. The van der Waals surface area contributed by atoms with Gasteiger partial charge in [0, 0.05) is 48.0 Å². The Labute approximate surface area is 219 Å². The normalized spacial score (nSPS) is 16.8. The number of anilines is 2. The summed E-state index contributed by atoms with van der Waals surface area (Å²) in [5.74, 6) is 1.43. The van der Waals surface area contributed by atoms with Crippen LogP contribution in [0.4, 0.5) is 11.6 Å². The van der Waals surface area contributed by atoms with Crippen LogP contribution in [0.5, 0.6) is 0 Å². The molecule has 0 aromatic carbocycles. The number of halogens is 1. The highest BCUT2D eigenvalue weighted by molar-refractivity contribution is 9.10. The molecule has 2 atom stereocenters. The molecule has 194 valence electrons. The van der Waals surface area contributed by atoms with Crippen LogP contribution in [0, 0.1) is 5.92 Å². The first-order valence-corrected chi connectivity index (χ1v) is 13.2. The Balaban J connectivity index is 1.52. The van der Waals surface area contributed by atoms with Crippen LogP contribution in [0.15, 0.2) is 41.3 Å². The number of nitrogens with two attached hydrogens (primary N) is 1. The first-order chi connectivity index (χ1) is 17.4. The molecule has 3 aromatic heterocycles. The third kappa shape index (κ3) is 6.07. The van der Waals surface area contributed by atoms with Gasteiger partial charge in [0.15, 0.2) is 5.65 Å². The number of nitrogens with one attached hydrogen (secondary N) is 1. The smallest absolute Gasteiger partial charge is 0.323 e. The zero-order valence-electron chi connectivity index (χ0n) is 21.1. The van der Waals surface area contributed by atoms with Crippen LogP contribution in [-0.4, -0.2) is 52.9 Å². The number of nitrogens with zero attached hydrogens (tertiary/aromatic N) is 5. The third-order valence-corrected chi connectivity index (χ3v) is 7.10. The van der Waals surface area contributed by atoms with E-state index in [2.05, 4.69) is 31.2 Å². The van der Waals surface area contributed by atoms with Crippen molar-refractivity contribution in [1.82, 2.24) is 14.6 Å². The molecule has 0 radical (unpaired) electrons. The Hall–Kier alpha value is -2.92. The minimum Gasteiger partial charge on any atom is -0.464 e. The molecule has 0 unspecified atom stereocenters. The van der Waals surface area contributed by atoms with Crippen molar-refractivity contribution in [1.29, 1.82) is 0 Å². The summed E-state index contributed by atoms with van der Waals surface area (Å²) in [7, 11) is 1.63. The van der Waals surface area contributed by atoms with Crippen LogP contribution >= 0.6 is 15.9 Å². The van der Waals surface area contributed by atoms with Crippen LogP contribution in [0.1, 0.15) is 45.1 Å². The zero-order valence-corrected chi connectivity index (χ0v) is 22.6. The molecule has 1 fully saturated rings. The molecular weight excluding hydrogens is 526 g/mol. The van der Waals surface area contributed by atoms with Gasteiger partial charge in [-0.15, -0.1) is 0 Å². The van der Waals surface area contributed by atoms with E-state index in [1.807, 2.05) is 44.4 Å². The van der Waals surface area contributed by atoms with Gasteiger partial charge >= 0.3 is 5.97 Å². The number of rotatable bonds is 10. The Morgan fingerprint density at radius 3 is 3.00 bits per heavy atom. The first-order valence-electron chi connectivity index (χ1n) is 12.4. The minimum absolute atomic E-state index is 0.0511. The lowest BCUT2D eigenvalue weighted by atomic mass is 9.99. The average molecular weight is 562 g/mol. The second-order valence-corrected chi connectivity index (χ2v) is 10.3. The van der Waals surface area contributed by atoms with Crippen LogP contribution in [0.3, 0.4) is 0 Å². The van der Waals surface area contributed by atoms with Crippen molar-refractivity contribution in [2.75, 3.05) is 30.5 Å². The maximum atomic E-state index is 12.2. The maximum absolute atomic E-state index is 12.2. The standard InChI is InChI=1S/C25H35BrN7O3/c1-17(2)23(27)25(34)36-12-9-19-8-4-5-11-32(19)22-13-21(33-24(30-22)20(26)15-29-33)28-14-18-7-6-10-31(16-18)35-3/h6-7,10,13,15-17,19,23,28H,4-5,8-9,11-12,14,27H2,1-3H3/q+1/t19-,23+/m0/s1. The lowest BCUT2D eigenvalue weighted by molar-refractivity contribution is -0.885. The molecule has 0 spiro atoms. The number of ether oxygens (including phenoxy) is 1. The van der Waals surface area contributed by atoms with Crippen molar-refractivity contribution >= 4 is 39.2 Å². The molecule has 3 aromatic rings. The van der Waals surface area contributed by atoms with E-state index < -0.39 is 6.04 Å². The number of hydrogen-bond donors (Lipinski definition) is 2. The molecular formula is C25H35BrN7O3+. The molecule has 4 heterocycles. The van der Waals surface area contributed by atoms with Gasteiger partial charge in [0.25, 0.3) is 0 Å². The van der Waals surface area contributed by atoms with Gasteiger partial charge < -0.3 is 20.7 Å². The molecule has 0 saturated carbocycles. The number of carbonyl (C=O) groups excluding carboxylic acids is 1. The summed E-state index contributed by atoms with van der Waals surface area (Å²) >= 11 is 3.59. The number of fused-ring (bicyclic) bond motifs is 1. The molecule has 11 heteroatoms. The van der Waals surface area contributed by atoms with Crippen molar-refractivity contribution in [2.24, 2.45) is 11.7 Å². The van der Waals surface area contributed by atoms with Crippen LogP contribution in [-0.2, 0) is 16.1 Å². The van der Waals surface area contributed by atoms with Crippen LogP contribution in [0.2, 0.25) is 0 Å². The highest BCUT2D eigenvalue weighted by atomic mass is 79.9. The van der Waals surface area contributed by atoms with Gasteiger partial charge in [0.05, 0.1) is 17.3 Å². The molecule has 0 aliphatic carbocycles. The molecule has 3 N–H and O–H groups in total. The van der Waals surface area contributed by atoms with Crippen molar-refractivity contribution in [2.45, 2.75) is 58.2 Å². The van der Waals surface area contributed by atoms with Gasteiger partial charge in [0.2, 0.25) is 12.4 Å². The van der Waals surface area contributed by atoms with Crippen molar-refractivity contribution in [3.8, 4) is 0 Å². The van der Waals surface area contributed by atoms with Crippen molar-refractivity contribution in [3.05, 3.63) is 46.8 Å². The molecule has 10 nitrogen and oxygen atoms in total. The molecule has 36 heavy (non-hydrogen) atoms. The Morgan fingerprint density at radius 1 is 1.39 bits per heavy atom. The fraction of sp³-hybridized carbons (Fsp3) is 0.520. The highest BCUT2D eigenvalue weighted by Crippen LogP contribution is 2.30. The molecule has 1 saturated heterocycles. The van der Waals surface area contributed by atoms with Gasteiger partial charge in [-0.25, -0.2) is 4.98 Å². The summed E-state index contributed by atoms with van der Waals surface area (Å²) in [5.41, 5.74) is 7.74. The predicted molar refractivity (Wildman–Crippen MR) is 141 cm³/mol. The van der Waals surface area contributed by atoms with Gasteiger partial charge in [-0.2, -0.15) is 9.61 Å². The van der Waals surface area contributed by atoms with Crippen molar-refractivity contribution < 1.29 is 19.1 Å². The van der Waals surface area contributed by atoms with E-state index in [0.717, 1.165) is 59.5 Å². The van der Waals surface area contributed by atoms with E-state index in [4.69, 9.17) is 20.3 Å². The Kier molecular flexibility index (Phi) is 8.63. The second kappa shape index (κ2) is 11.9. The van der Waals surface area contributed by atoms with E-state index in [1.165, 1.54) is 0 Å². The van der Waals surface area contributed by atoms with Gasteiger partial charge in [0.1, 0.15) is 24.8 Å².